The van der Waals surface area contributed by atoms with E-state index in [9.17, 15) is 10.1 Å². The summed E-state index contributed by atoms with van der Waals surface area (Å²) in [4.78, 5) is 16.5. The first-order valence-corrected chi connectivity index (χ1v) is 6.37. The molecule has 7 nitrogen and oxygen atoms in total. The first-order chi connectivity index (χ1) is 9.20. The molecule has 0 radical (unpaired) electrons. The molecular formula is C12H18N4O3. The molecule has 0 aliphatic carbocycles. The highest BCUT2D eigenvalue weighted by Crippen LogP contribution is 2.22. The molecule has 1 aromatic heterocycles. The van der Waals surface area contributed by atoms with Gasteiger partial charge in [-0.2, -0.15) is 0 Å². The monoisotopic (exact) mass is 266 g/mol. The minimum absolute atomic E-state index is 0.00865. The van der Waals surface area contributed by atoms with Crippen molar-refractivity contribution < 1.29 is 9.66 Å². The molecule has 7 heteroatoms. The Labute approximate surface area is 111 Å². The second kappa shape index (κ2) is 6.44. The van der Waals surface area contributed by atoms with E-state index in [0.717, 1.165) is 19.6 Å². The van der Waals surface area contributed by atoms with E-state index in [1.807, 2.05) is 0 Å². The molecule has 1 aromatic rings. The second-order valence-electron chi connectivity index (χ2n) is 4.42. The third kappa shape index (κ3) is 3.62. The largest absolute Gasteiger partial charge is 0.377 e. The van der Waals surface area contributed by atoms with Gasteiger partial charge in [0.2, 0.25) is 0 Å². The summed E-state index contributed by atoms with van der Waals surface area (Å²) in [6.45, 7) is 6.17. The maximum absolute atomic E-state index is 10.9. The van der Waals surface area contributed by atoms with Crippen molar-refractivity contribution in [2.24, 2.45) is 0 Å². The Morgan fingerprint density at radius 3 is 3.26 bits per heavy atom. The summed E-state index contributed by atoms with van der Waals surface area (Å²) in [5.41, 5.74) is 0.475. The van der Waals surface area contributed by atoms with E-state index in [1.54, 1.807) is 6.07 Å². The van der Waals surface area contributed by atoms with Crippen LogP contribution in [0.3, 0.4) is 0 Å². The van der Waals surface area contributed by atoms with Crippen molar-refractivity contribution in [3.63, 3.8) is 0 Å². The van der Waals surface area contributed by atoms with Crippen LogP contribution in [-0.4, -0.2) is 53.7 Å². The maximum Gasteiger partial charge on any atom is 0.310 e. The van der Waals surface area contributed by atoms with Crippen molar-refractivity contribution in [2.75, 3.05) is 38.1 Å². The lowest BCUT2D eigenvalue weighted by molar-refractivity contribution is -0.384. The van der Waals surface area contributed by atoms with E-state index in [4.69, 9.17) is 4.74 Å². The fourth-order valence-electron chi connectivity index (χ4n) is 2.10. The number of ether oxygens (including phenoxy) is 1. The smallest absolute Gasteiger partial charge is 0.310 e. The molecule has 0 saturated carbocycles. The van der Waals surface area contributed by atoms with E-state index in [-0.39, 0.29) is 11.8 Å². The maximum atomic E-state index is 10.9. The zero-order valence-electron chi connectivity index (χ0n) is 10.9. The van der Waals surface area contributed by atoms with Crippen molar-refractivity contribution in [1.82, 2.24) is 9.88 Å². The number of hydrogen-bond acceptors (Lipinski definition) is 6. The number of pyridine rings is 1. The minimum atomic E-state index is -0.435. The molecule has 1 unspecified atom stereocenters. The van der Waals surface area contributed by atoms with E-state index in [0.29, 0.717) is 18.8 Å². The summed E-state index contributed by atoms with van der Waals surface area (Å²) in [7, 11) is 0. The van der Waals surface area contributed by atoms with Crippen molar-refractivity contribution in [1.29, 1.82) is 0 Å². The Bertz CT molecular complexity index is 441. The van der Waals surface area contributed by atoms with Crippen LogP contribution in [0.4, 0.5) is 11.4 Å². The minimum Gasteiger partial charge on any atom is -0.377 e. The highest BCUT2D eigenvalue weighted by Gasteiger charge is 2.20. The molecule has 1 fully saturated rings. The zero-order chi connectivity index (χ0) is 13.7. The number of likely N-dealkylation sites (N-methyl/N-ethyl adjacent to an activating group) is 1. The van der Waals surface area contributed by atoms with Crippen LogP contribution in [0.25, 0.3) is 0 Å². The van der Waals surface area contributed by atoms with Crippen LogP contribution in [-0.2, 0) is 4.74 Å². The fraction of sp³-hybridized carbons (Fsp3) is 0.583. The average Bonchev–Trinajstić information content (AvgIpc) is 2.45. The van der Waals surface area contributed by atoms with Crippen LogP contribution in [0, 0.1) is 10.1 Å². The molecule has 2 heterocycles. The van der Waals surface area contributed by atoms with Gasteiger partial charge in [-0.25, -0.2) is 0 Å². The number of rotatable bonds is 5. The zero-order valence-corrected chi connectivity index (χ0v) is 10.9. The topological polar surface area (TPSA) is 80.5 Å². The molecule has 1 atom stereocenters. The third-order valence-electron chi connectivity index (χ3n) is 3.19. The van der Waals surface area contributed by atoms with Crippen LogP contribution >= 0.6 is 0 Å². The Balaban J connectivity index is 1.93. The quantitative estimate of drug-likeness (QED) is 0.635. The predicted molar refractivity (Wildman–Crippen MR) is 71.2 cm³/mol. The van der Waals surface area contributed by atoms with Crippen LogP contribution in [0.1, 0.15) is 6.92 Å². The van der Waals surface area contributed by atoms with Gasteiger partial charge in [-0.3, -0.25) is 20.0 Å². The summed E-state index contributed by atoms with van der Waals surface area (Å²) in [5.74, 6) is 0. The number of nitrogens with one attached hydrogen (secondary N) is 1. The summed E-state index contributed by atoms with van der Waals surface area (Å²) in [6, 6.07) is 1.61. The molecule has 104 valence electrons. The van der Waals surface area contributed by atoms with Crippen molar-refractivity contribution in [2.45, 2.75) is 13.0 Å². The van der Waals surface area contributed by atoms with Crippen molar-refractivity contribution in [3.05, 3.63) is 28.6 Å². The van der Waals surface area contributed by atoms with Gasteiger partial charge < -0.3 is 10.1 Å². The summed E-state index contributed by atoms with van der Waals surface area (Å²) < 4.78 is 5.64. The Morgan fingerprint density at radius 1 is 1.68 bits per heavy atom. The Kier molecular flexibility index (Phi) is 4.64. The highest BCUT2D eigenvalue weighted by molar-refractivity contribution is 5.59. The van der Waals surface area contributed by atoms with Gasteiger partial charge >= 0.3 is 5.69 Å². The SMILES string of the molecule is CCN1CCOC(CNc2ccncc2[N+](=O)[O-])C1. The normalized spacial score (nSPS) is 20.2. The van der Waals surface area contributed by atoms with E-state index in [1.165, 1.54) is 12.4 Å². The van der Waals surface area contributed by atoms with Crippen LogP contribution < -0.4 is 5.32 Å². The number of hydrogen-bond donors (Lipinski definition) is 1. The van der Waals surface area contributed by atoms with Gasteiger partial charge in [-0.05, 0) is 12.6 Å². The first-order valence-electron chi connectivity index (χ1n) is 6.37. The molecule has 1 saturated heterocycles. The average molecular weight is 266 g/mol. The van der Waals surface area contributed by atoms with Gasteiger partial charge in [0.25, 0.3) is 0 Å². The fourth-order valence-corrected chi connectivity index (χ4v) is 2.10. The van der Waals surface area contributed by atoms with Gasteiger partial charge in [0.05, 0.1) is 17.6 Å². The summed E-state index contributed by atoms with van der Waals surface area (Å²) in [5, 5.41) is 13.9. The third-order valence-corrected chi connectivity index (χ3v) is 3.19. The van der Waals surface area contributed by atoms with Gasteiger partial charge in [0, 0.05) is 25.8 Å². The van der Waals surface area contributed by atoms with Gasteiger partial charge in [0.1, 0.15) is 11.9 Å². The molecule has 1 aliphatic rings. The molecule has 19 heavy (non-hydrogen) atoms. The highest BCUT2D eigenvalue weighted by atomic mass is 16.6. The lowest BCUT2D eigenvalue weighted by atomic mass is 10.2. The lowest BCUT2D eigenvalue weighted by Crippen LogP contribution is -2.45. The molecule has 0 bridgehead atoms. The summed E-state index contributed by atoms with van der Waals surface area (Å²) in [6.07, 6.45) is 2.85. The number of anilines is 1. The van der Waals surface area contributed by atoms with E-state index in [2.05, 4.69) is 22.1 Å². The lowest BCUT2D eigenvalue weighted by Gasteiger charge is -2.32. The van der Waals surface area contributed by atoms with Crippen molar-refractivity contribution >= 4 is 11.4 Å². The molecule has 0 amide bonds. The van der Waals surface area contributed by atoms with Gasteiger partial charge in [-0.1, -0.05) is 6.92 Å². The predicted octanol–water partition coefficient (Wildman–Crippen LogP) is 1.12. The number of morpholine rings is 1. The molecule has 0 spiro atoms. The van der Waals surface area contributed by atoms with Gasteiger partial charge in [-0.15, -0.1) is 0 Å². The van der Waals surface area contributed by atoms with Crippen LogP contribution in [0.2, 0.25) is 0 Å². The second-order valence-corrected chi connectivity index (χ2v) is 4.42. The van der Waals surface area contributed by atoms with Crippen molar-refractivity contribution in [3.8, 4) is 0 Å². The molecular weight excluding hydrogens is 248 g/mol. The first kappa shape index (κ1) is 13.7. The van der Waals surface area contributed by atoms with Crippen LogP contribution in [0.15, 0.2) is 18.5 Å². The Morgan fingerprint density at radius 2 is 2.53 bits per heavy atom. The standard InChI is InChI=1S/C12H18N4O3/c1-2-15-5-6-19-10(9-15)7-14-11-3-4-13-8-12(11)16(17)18/h3-4,8,10H,2,5-7,9H2,1H3,(H,13,14). The van der Waals surface area contributed by atoms with Gasteiger partial charge in [0.15, 0.2) is 0 Å². The molecule has 1 N–H and O–H groups in total. The van der Waals surface area contributed by atoms with E-state index < -0.39 is 4.92 Å². The number of nitrogens with zero attached hydrogens (tertiary/aromatic N) is 3. The number of aromatic nitrogens is 1. The number of nitro groups is 1. The summed E-state index contributed by atoms with van der Waals surface area (Å²) >= 11 is 0. The Hall–Kier alpha value is -1.73. The molecule has 2 rings (SSSR count). The molecule has 1 aliphatic heterocycles. The van der Waals surface area contributed by atoms with Crippen LogP contribution in [0.5, 0.6) is 0 Å². The van der Waals surface area contributed by atoms with E-state index >= 15 is 0 Å². The molecule has 0 aromatic carbocycles.